The number of nitrogens with zero attached hydrogens (tertiary/aromatic N) is 4. The number of aromatic carboxylic acids is 1. The maximum Gasteiger partial charge on any atom is 1.00 e. The number of carbonyl (C=O) groups excluding carboxylic acids is 2. The Morgan fingerprint density at radius 3 is 1.57 bits per heavy atom. The molecule has 2 aromatic heterocycles. The van der Waals surface area contributed by atoms with Gasteiger partial charge in [-0.2, -0.15) is 10.2 Å². The summed E-state index contributed by atoms with van der Waals surface area (Å²) < 4.78 is 20.0. The van der Waals surface area contributed by atoms with E-state index in [1.54, 1.807) is 47.5 Å². The predicted molar refractivity (Wildman–Crippen MR) is 176 cm³/mol. The number of ether oxygens (including phenoxy) is 3. The van der Waals surface area contributed by atoms with Crippen molar-refractivity contribution in [2.45, 2.75) is 61.6 Å². The topological polar surface area (TPSA) is 121 Å². The van der Waals surface area contributed by atoms with Gasteiger partial charge in [0.2, 0.25) is 0 Å². The first-order valence-electron chi connectivity index (χ1n) is 15.1. The van der Waals surface area contributed by atoms with Crippen molar-refractivity contribution < 1.29 is 58.5 Å². The number of esters is 1. The molecule has 248 valence electrons. The summed E-state index contributed by atoms with van der Waals surface area (Å²) in [4.78, 5) is 22.7. The SMILES string of the molecule is CCOC(=O)c1cc(C)n(Cc2cc(Cl)ccc2OCC(C)C)n1.Cc1cc(C(=O)[O-])nn1Cc1cc(Cl)ccc1OCC(C)C.[Na+]. The molecule has 10 nitrogen and oxygen atoms in total. The fourth-order valence-corrected chi connectivity index (χ4v) is 4.59. The maximum absolute atomic E-state index is 11.8. The number of hydrogen-bond donors (Lipinski definition) is 0. The second-order valence-electron chi connectivity index (χ2n) is 11.6. The van der Waals surface area contributed by atoms with Crippen LogP contribution in [-0.4, -0.2) is 51.3 Å². The van der Waals surface area contributed by atoms with E-state index in [2.05, 4.69) is 37.9 Å². The van der Waals surface area contributed by atoms with Crippen molar-refractivity contribution >= 4 is 35.1 Å². The molecule has 47 heavy (non-hydrogen) atoms. The summed E-state index contributed by atoms with van der Waals surface area (Å²) in [5, 5.41) is 20.5. The number of aryl methyl sites for hydroxylation is 2. The number of carbonyl (C=O) groups is 2. The van der Waals surface area contributed by atoms with Crippen LogP contribution in [0.2, 0.25) is 10.0 Å². The first-order chi connectivity index (χ1) is 21.8. The molecule has 0 aliphatic carbocycles. The van der Waals surface area contributed by atoms with E-state index in [4.69, 9.17) is 37.4 Å². The molecule has 0 unspecified atom stereocenters. The molecule has 0 aliphatic heterocycles. The zero-order valence-corrected chi connectivity index (χ0v) is 31.8. The Balaban J connectivity index is 0.000000321. The van der Waals surface area contributed by atoms with Gasteiger partial charge in [0.05, 0.1) is 38.9 Å². The molecule has 13 heteroatoms. The number of aromatic nitrogens is 4. The zero-order chi connectivity index (χ0) is 34.0. The molecule has 0 amide bonds. The minimum Gasteiger partial charge on any atom is -0.543 e. The van der Waals surface area contributed by atoms with E-state index in [1.165, 1.54) is 6.07 Å². The molecular weight excluding hydrogens is 654 g/mol. The van der Waals surface area contributed by atoms with E-state index in [-0.39, 0.29) is 35.3 Å². The van der Waals surface area contributed by atoms with E-state index in [0.29, 0.717) is 60.5 Å². The van der Waals surface area contributed by atoms with E-state index < -0.39 is 11.9 Å². The molecule has 0 atom stereocenters. The van der Waals surface area contributed by atoms with Crippen LogP contribution in [0.5, 0.6) is 11.5 Å². The average molecular weight is 696 g/mol. The van der Waals surface area contributed by atoms with Gasteiger partial charge in [0.1, 0.15) is 17.2 Å². The van der Waals surface area contributed by atoms with Gasteiger partial charge in [-0.1, -0.05) is 50.9 Å². The van der Waals surface area contributed by atoms with Gasteiger partial charge >= 0.3 is 35.5 Å². The minimum absolute atomic E-state index is 0. The Morgan fingerprint density at radius 2 is 1.19 bits per heavy atom. The smallest absolute Gasteiger partial charge is 0.543 e. The molecule has 0 fully saturated rings. The third-order valence-electron chi connectivity index (χ3n) is 6.49. The summed E-state index contributed by atoms with van der Waals surface area (Å²) in [6, 6.07) is 14.1. The summed E-state index contributed by atoms with van der Waals surface area (Å²) in [6.07, 6.45) is 0. The number of carboxylic acids is 1. The first kappa shape index (κ1) is 40.2. The third kappa shape index (κ3) is 12.5. The van der Waals surface area contributed by atoms with Crippen LogP contribution in [0.4, 0.5) is 0 Å². The Kier molecular flexibility index (Phi) is 16.3. The van der Waals surface area contributed by atoms with Crippen LogP contribution in [-0.2, 0) is 17.8 Å². The van der Waals surface area contributed by atoms with Gasteiger partial charge in [-0.05, 0) is 81.1 Å². The second-order valence-corrected chi connectivity index (χ2v) is 12.5. The van der Waals surface area contributed by atoms with Gasteiger partial charge in [0.15, 0.2) is 5.69 Å². The van der Waals surface area contributed by atoms with Gasteiger partial charge < -0.3 is 24.1 Å². The molecule has 2 aromatic carbocycles. The second kappa shape index (κ2) is 19.1. The molecule has 0 radical (unpaired) electrons. The number of hydrogen-bond acceptors (Lipinski definition) is 8. The summed E-state index contributed by atoms with van der Waals surface area (Å²) in [7, 11) is 0. The van der Waals surface area contributed by atoms with Crippen molar-refractivity contribution in [3.63, 3.8) is 0 Å². The Labute approximate surface area is 308 Å². The Hall–Kier alpha value is -3.02. The predicted octanol–water partition coefficient (Wildman–Crippen LogP) is 3.40. The third-order valence-corrected chi connectivity index (χ3v) is 6.96. The van der Waals surface area contributed by atoms with Crippen molar-refractivity contribution in [1.29, 1.82) is 0 Å². The van der Waals surface area contributed by atoms with Gasteiger partial charge in [0, 0.05) is 32.6 Å². The maximum atomic E-state index is 11.8. The van der Waals surface area contributed by atoms with E-state index >= 15 is 0 Å². The van der Waals surface area contributed by atoms with Gasteiger partial charge in [-0.15, -0.1) is 0 Å². The number of benzene rings is 2. The van der Waals surface area contributed by atoms with Crippen molar-refractivity contribution in [2.75, 3.05) is 19.8 Å². The monoisotopic (exact) mass is 694 g/mol. The standard InChI is InChI=1S/C18H23ClN2O3.C16H19ClN2O3.Na/c1-5-23-18(22)16-8-13(4)21(20-16)10-14-9-15(19)6-7-17(14)24-11-12(2)3;1-10(2)9-22-15-5-4-13(17)7-12(15)8-19-11(3)6-14(18-19)16(20)21;/h6-9,12H,5,10-11H2,1-4H3;4-7,10H,8-9H2,1-3H3,(H,20,21);/q;;+1/p-1. The minimum atomic E-state index is -1.29. The fraction of sp³-hybridized carbons (Fsp3) is 0.412. The van der Waals surface area contributed by atoms with Crippen LogP contribution in [0.15, 0.2) is 48.5 Å². The molecule has 0 spiro atoms. The average Bonchev–Trinajstić information content (AvgIpc) is 3.54. The number of halogens is 2. The fourth-order valence-electron chi connectivity index (χ4n) is 4.21. The molecular formula is C34H41Cl2N4NaO6. The number of carboxylic acid groups (broad SMARTS) is 1. The molecule has 4 aromatic rings. The van der Waals surface area contributed by atoms with Gasteiger partial charge in [-0.3, -0.25) is 9.36 Å². The molecule has 0 N–H and O–H groups in total. The molecule has 0 aliphatic rings. The molecule has 0 saturated carbocycles. The van der Waals surface area contributed by atoms with Gasteiger partial charge in [-0.25, -0.2) is 4.79 Å². The van der Waals surface area contributed by atoms with Crippen molar-refractivity contribution in [2.24, 2.45) is 11.8 Å². The summed E-state index contributed by atoms with van der Waals surface area (Å²) in [5.74, 6) is 0.629. The van der Waals surface area contributed by atoms with E-state index in [1.807, 2.05) is 25.1 Å². The van der Waals surface area contributed by atoms with Crippen LogP contribution in [0.1, 0.15) is 78.1 Å². The molecule has 4 rings (SSSR count). The van der Waals surface area contributed by atoms with Crippen molar-refractivity contribution in [3.05, 3.63) is 92.5 Å². The van der Waals surface area contributed by atoms with Crippen LogP contribution < -0.4 is 44.1 Å². The molecule has 2 heterocycles. The zero-order valence-electron chi connectivity index (χ0n) is 28.3. The van der Waals surface area contributed by atoms with Crippen molar-refractivity contribution in [3.8, 4) is 11.5 Å². The Bertz CT molecular complexity index is 1640. The van der Waals surface area contributed by atoms with Crippen LogP contribution >= 0.6 is 23.2 Å². The van der Waals surface area contributed by atoms with Crippen LogP contribution in [0.3, 0.4) is 0 Å². The van der Waals surface area contributed by atoms with Crippen LogP contribution in [0.25, 0.3) is 0 Å². The molecule has 0 saturated heterocycles. The van der Waals surface area contributed by atoms with Crippen molar-refractivity contribution in [1.82, 2.24) is 19.6 Å². The van der Waals surface area contributed by atoms with E-state index in [9.17, 15) is 14.7 Å². The van der Waals surface area contributed by atoms with Gasteiger partial charge in [0.25, 0.3) is 0 Å². The summed E-state index contributed by atoms with van der Waals surface area (Å²) in [6.45, 7) is 16.2. The van der Waals surface area contributed by atoms with E-state index in [0.717, 1.165) is 34.0 Å². The number of rotatable bonds is 13. The largest absolute Gasteiger partial charge is 1.00 e. The summed E-state index contributed by atoms with van der Waals surface area (Å²) >= 11 is 12.2. The quantitative estimate of drug-likeness (QED) is 0.154. The summed E-state index contributed by atoms with van der Waals surface area (Å²) in [5.41, 5.74) is 3.60. The Morgan fingerprint density at radius 1 is 0.766 bits per heavy atom. The first-order valence-corrected chi connectivity index (χ1v) is 15.8. The van der Waals surface area contributed by atoms with Crippen LogP contribution in [0, 0.1) is 25.7 Å². The normalized spacial score (nSPS) is 10.7. The molecule has 0 bridgehead atoms.